The van der Waals surface area contributed by atoms with Gasteiger partial charge in [0.15, 0.2) is 0 Å². The first-order chi connectivity index (χ1) is 7.69. The second kappa shape index (κ2) is 4.47. The smallest absolute Gasteiger partial charge is 0.338 e. The summed E-state index contributed by atoms with van der Waals surface area (Å²) in [4.78, 5) is 12.7. The lowest BCUT2D eigenvalue weighted by molar-refractivity contribution is 0.0599. The molecule has 1 aliphatic heterocycles. The Hall–Kier alpha value is -1.00. The molecular formula is C12H14O3S. The molecule has 0 saturated heterocycles. The van der Waals surface area contributed by atoms with Crippen LogP contribution in [0.25, 0.3) is 0 Å². The molecule has 2 rings (SSSR count). The van der Waals surface area contributed by atoms with E-state index in [1.807, 2.05) is 19.1 Å². The van der Waals surface area contributed by atoms with Crippen LogP contribution < -0.4 is 0 Å². The van der Waals surface area contributed by atoms with Crippen LogP contribution in [0, 0.1) is 6.92 Å². The van der Waals surface area contributed by atoms with Gasteiger partial charge in [0.25, 0.3) is 0 Å². The van der Waals surface area contributed by atoms with Crippen molar-refractivity contribution in [1.82, 2.24) is 0 Å². The van der Waals surface area contributed by atoms with E-state index in [0.29, 0.717) is 5.56 Å². The van der Waals surface area contributed by atoms with Gasteiger partial charge >= 0.3 is 5.97 Å². The predicted molar refractivity (Wildman–Crippen MR) is 63.0 cm³/mol. The van der Waals surface area contributed by atoms with Gasteiger partial charge in [0, 0.05) is 17.8 Å². The summed E-state index contributed by atoms with van der Waals surface area (Å²) in [6, 6.07) is 3.78. The molecule has 0 saturated carbocycles. The zero-order valence-electron chi connectivity index (χ0n) is 9.57. The Labute approximate surface area is 99.1 Å². The van der Waals surface area contributed by atoms with E-state index in [1.54, 1.807) is 18.9 Å². The fourth-order valence-electron chi connectivity index (χ4n) is 1.93. The summed E-state index contributed by atoms with van der Waals surface area (Å²) in [5.74, 6) is 0.638. The number of hydrogen-bond acceptors (Lipinski definition) is 4. The number of carbonyl (C=O) groups excluding carboxylic acids is 1. The number of esters is 1. The van der Waals surface area contributed by atoms with Crippen molar-refractivity contribution in [2.75, 3.05) is 20.0 Å². The SMILES string of the molecule is COC(=O)c1ccc2c(c1C)SCC2OC. The summed E-state index contributed by atoms with van der Waals surface area (Å²) >= 11 is 1.74. The van der Waals surface area contributed by atoms with Crippen molar-refractivity contribution < 1.29 is 14.3 Å². The number of thioether (sulfide) groups is 1. The highest BCUT2D eigenvalue weighted by atomic mass is 32.2. The van der Waals surface area contributed by atoms with Crippen LogP contribution in [-0.2, 0) is 9.47 Å². The number of fused-ring (bicyclic) bond motifs is 1. The van der Waals surface area contributed by atoms with E-state index >= 15 is 0 Å². The van der Waals surface area contributed by atoms with Crippen LogP contribution in [0.1, 0.15) is 27.6 Å². The number of benzene rings is 1. The predicted octanol–water partition coefficient (Wildman–Crippen LogP) is 2.57. The summed E-state index contributed by atoms with van der Waals surface area (Å²) in [5.41, 5.74) is 2.82. The maximum Gasteiger partial charge on any atom is 0.338 e. The molecule has 0 amide bonds. The number of rotatable bonds is 2. The van der Waals surface area contributed by atoms with Crippen molar-refractivity contribution in [2.24, 2.45) is 0 Å². The van der Waals surface area contributed by atoms with E-state index in [9.17, 15) is 4.79 Å². The van der Waals surface area contributed by atoms with E-state index in [2.05, 4.69) is 0 Å². The van der Waals surface area contributed by atoms with Crippen LogP contribution in [0.2, 0.25) is 0 Å². The minimum absolute atomic E-state index is 0.144. The van der Waals surface area contributed by atoms with Gasteiger partial charge in [-0.15, -0.1) is 11.8 Å². The van der Waals surface area contributed by atoms with Crippen molar-refractivity contribution in [1.29, 1.82) is 0 Å². The van der Waals surface area contributed by atoms with Crippen LogP contribution in [0.3, 0.4) is 0 Å². The summed E-state index contributed by atoms with van der Waals surface area (Å²) in [6.07, 6.45) is 0.144. The number of carbonyl (C=O) groups is 1. The van der Waals surface area contributed by atoms with Crippen LogP contribution in [0.4, 0.5) is 0 Å². The molecule has 0 fully saturated rings. The Balaban J connectivity index is 2.46. The lowest BCUT2D eigenvalue weighted by Crippen LogP contribution is -2.06. The Morgan fingerprint density at radius 2 is 2.19 bits per heavy atom. The monoisotopic (exact) mass is 238 g/mol. The Bertz CT molecular complexity index is 429. The molecule has 0 aromatic heterocycles. The zero-order valence-corrected chi connectivity index (χ0v) is 10.4. The van der Waals surface area contributed by atoms with Gasteiger partial charge in [-0.3, -0.25) is 0 Å². The lowest BCUT2D eigenvalue weighted by atomic mass is 10.0. The maximum atomic E-state index is 11.5. The number of hydrogen-bond donors (Lipinski definition) is 0. The molecule has 1 unspecified atom stereocenters. The van der Waals surface area contributed by atoms with Crippen LogP contribution >= 0.6 is 11.8 Å². The highest BCUT2D eigenvalue weighted by molar-refractivity contribution is 7.99. The minimum atomic E-state index is -0.276. The lowest BCUT2D eigenvalue weighted by Gasteiger charge is -2.11. The van der Waals surface area contributed by atoms with Crippen molar-refractivity contribution >= 4 is 17.7 Å². The first-order valence-corrected chi connectivity index (χ1v) is 6.05. The molecule has 1 aromatic rings. The van der Waals surface area contributed by atoms with Crippen molar-refractivity contribution in [3.05, 3.63) is 28.8 Å². The molecule has 16 heavy (non-hydrogen) atoms. The van der Waals surface area contributed by atoms with Gasteiger partial charge in [-0.25, -0.2) is 4.79 Å². The van der Waals surface area contributed by atoms with Gasteiger partial charge in [-0.2, -0.15) is 0 Å². The van der Waals surface area contributed by atoms with Crippen LogP contribution in [-0.4, -0.2) is 25.9 Å². The average molecular weight is 238 g/mol. The third-order valence-electron chi connectivity index (χ3n) is 2.85. The molecule has 0 N–H and O–H groups in total. The Morgan fingerprint density at radius 3 is 2.81 bits per heavy atom. The highest BCUT2D eigenvalue weighted by Crippen LogP contribution is 2.42. The molecule has 1 atom stereocenters. The molecular weight excluding hydrogens is 224 g/mol. The van der Waals surface area contributed by atoms with E-state index in [1.165, 1.54) is 12.7 Å². The molecule has 0 spiro atoms. The van der Waals surface area contributed by atoms with Crippen LogP contribution in [0.15, 0.2) is 17.0 Å². The molecule has 0 radical (unpaired) electrons. The molecule has 1 heterocycles. The maximum absolute atomic E-state index is 11.5. The first kappa shape index (κ1) is 11.5. The number of methoxy groups -OCH3 is 2. The molecule has 4 heteroatoms. The largest absolute Gasteiger partial charge is 0.465 e. The van der Waals surface area contributed by atoms with Gasteiger partial charge in [-0.05, 0) is 24.1 Å². The standard InChI is InChI=1S/C12H14O3S/c1-7-8(12(13)15-3)4-5-9-10(14-2)6-16-11(7)9/h4-5,10H,6H2,1-3H3. The fraction of sp³-hybridized carbons (Fsp3) is 0.417. The van der Waals surface area contributed by atoms with Crippen LogP contribution in [0.5, 0.6) is 0 Å². The van der Waals surface area contributed by atoms with E-state index in [-0.39, 0.29) is 12.1 Å². The fourth-order valence-corrected chi connectivity index (χ4v) is 3.26. The summed E-state index contributed by atoms with van der Waals surface area (Å²) in [7, 11) is 3.12. The molecule has 1 aliphatic rings. The van der Waals surface area contributed by atoms with Gasteiger partial charge in [0.1, 0.15) is 0 Å². The number of ether oxygens (including phenoxy) is 2. The summed E-state index contributed by atoms with van der Waals surface area (Å²) < 4.78 is 10.1. The van der Waals surface area contributed by atoms with Crippen molar-refractivity contribution in [2.45, 2.75) is 17.9 Å². The third-order valence-corrected chi connectivity index (χ3v) is 4.15. The quantitative estimate of drug-likeness (QED) is 0.742. The van der Waals surface area contributed by atoms with E-state index in [4.69, 9.17) is 9.47 Å². The highest BCUT2D eigenvalue weighted by Gasteiger charge is 2.26. The van der Waals surface area contributed by atoms with Crippen molar-refractivity contribution in [3.63, 3.8) is 0 Å². The molecule has 0 bridgehead atoms. The zero-order chi connectivity index (χ0) is 11.7. The van der Waals surface area contributed by atoms with Gasteiger partial charge in [-0.1, -0.05) is 6.07 Å². The van der Waals surface area contributed by atoms with E-state index < -0.39 is 0 Å². The minimum Gasteiger partial charge on any atom is -0.465 e. The van der Waals surface area contributed by atoms with Gasteiger partial charge in [0.2, 0.25) is 0 Å². The molecule has 3 nitrogen and oxygen atoms in total. The topological polar surface area (TPSA) is 35.5 Å². The van der Waals surface area contributed by atoms with Gasteiger partial charge < -0.3 is 9.47 Å². The molecule has 0 aliphatic carbocycles. The molecule has 1 aromatic carbocycles. The Morgan fingerprint density at radius 1 is 1.44 bits per heavy atom. The normalized spacial score (nSPS) is 18.3. The van der Waals surface area contributed by atoms with Crippen molar-refractivity contribution in [3.8, 4) is 0 Å². The van der Waals surface area contributed by atoms with E-state index in [0.717, 1.165) is 16.2 Å². The Kier molecular flexibility index (Phi) is 3.21. The second-order valence-electron chi connectivity index (χ2n) is 3.68. The second-order valence-corrected chi connectivity index (χ2v) is 4.71. The van der Waals surface area contributed by atoms with Gasteiger partial charge in [0.05, 0.1) is 18.8 Å². The molecule has 86 valence electrons. The summed E-state index contributed by atoms with van der Waals surface area (Å²) in [6.45, 7) is 1.95. The summed E-state index contributed by atoms with van der Waals surface area (Å²) in [5, 5.41) is 0. The first-order valence-electron chi connectivity index (χ1n) is 5.06. The third kappa shape index (κ3) is 1.72. The average Bonchev–Trinajstić information content (AvgIpc) is 2.72.